The van der Waals surface area contributed by atoms with E-state index >= 15 is 0 Å². The molecule has 0 bridgehead atoms. The van der Waals surface area contributed by atoms with Crippen LogP contribution in [0.4, 0.5) is 0 Å². The monoisotopic (exact) mass is 273 g/mol. The van der Waals surface area contributed by atoms with E-state index in [0.29, 0.717) is 11.6 Å². The van der Waals surface area contributed by atoms with E-state index in [9.17, 15) is 4.79 Å². The summed E-state index contributed by atoms with van der Waals surface area (Å²) in [4.78, 5) is 12.1. The summed E-state index contributed by atoms with van der Waals surface area (Å²) in [6, 6.07) is 13.2. The van der Waals surface area contributed by atoms with Crippen molar-refractivity contribution >= 4 is 17.5 Å². The summed E-state index contributed by atoms with van der Waals surface area (Å²) in [6.45, 7) is 4.44. The fraction of sp³-hybridized carbons (Fsp3) is 0.188. The maximum absolute atomic E-state index is 12.1. The summed E-state index contributed by atoms with van der Waals surface area (Å²) < 4.78 is 0. The SMILES string of the molecule is Cc1cccc(C(=O)NCc2cccc(Cl)c2)c1C. The van der Waals surface area contributed by atoms with Crippen molar-refractivity contribution in [1.82, 2.24) is 5.32 Å². The molecule has 3 heteroatoms. The highest BCUT2D eigenvalue weighted by atomic mass is 35.5. The fourth-order valence-electron chi connectivity index (χ4n) is 1.92. The number of amides is 1. The zero-order chi connectivity index (χ0) is 13.8. The molecule has 0 aliphatic carbocycles. The van der Waals surface area contributed by atoms with E-state index in [1.807, 2.05) is 56.3 Å². The van der Waals surface area contributed by atoms with Gasteiger partial charge in [-0.1, -0.05) is 35.9 Å². The number of hydrogen-bond donors (Lipinski definition) is 1. The minimum atomic E-state index is -0.0545. The molecule has 98 valence electrons. The molecule has 0 saturated carbocycles. The Morgan fingerprint density at radius 1 is 1.16 bits per heavy atom. The van der Waals surface area contributed by atoms with E-state index in [1.165, 1.54) is 0 Å². The topological polar surface area (TPSA) is 29.1 Å². The summed E-state index contributed by atoms with van der Waals surface area (Å²) in [5.41, 5.74) is 3.86. The van der Waals surface area contributed by atoms with Crippen LogP contribution in [0.2, 0.25) is 5.02 Å². The van der Waals surface area contributed by atoms with Crippen LogP contribution in [-0.2, 0) is 6.54 Å². The summed E-state index contributed by atoms with van der Waals surface area (Å²) in [5, 5.41) is 3.59. The van der Waals surface area contributed by atoms with Crippen LogP contribution in [0, 0.1) is 13.8 Å². The third-order valence-electron chi connectivity index (χ3n) is 3.19. The maximum atomic E-state index is 12.1. The largest absolute Gasteiger partial charge is 0.348 e. The van der Waals surface area contributed by atoms with Gasteiger partial charge in [0.2, 0.25) is 0 Å². The Hall–Kier alpha value is -1.80. The Bertz CT molecular complexity index is 607. The Morgan fingerprint density at radius 2 is 1.89 bits per heavy atom. The average Bonchev–Trinajstić information content (AvgIpc) is 2.39. The van der Waals surface area contributed by atoms with Crippen molar-refractivity contribution in [2.24, 2.45) is 0 Å². The fourth-order valence-corrected chi connectivity index (χ4v) is 2.13. The Balaban J connectivity index is 2.08. The van der Waals surface area contributed by atoms with E-state index in [4.69, 9.17) is 11.6 Å². The van der Waals surface area contributed by atoms with Crippen LogP contribution in [0.15, 0.2) is 42.5 Å². The van der Waals surface area contributed by atoms with Gasteiger partial charge in [-0.05, 0) is 48.7 Å². The van der Waals surface area contributed by atoms with Crippen LogP contribution < -0.4 is 5.32 Å². The van der Waals surface area contributed by atoms with E-state index < -0.39 is 0 Å². The van der Waals surface area contributed by atoms with Gasteiger partial charge in [0, 0.05) is 17.1 Å². The van der Waals surface area contributed by atoms with Gasteiger partial charge in [0.25, 0.3) is 5.91 Å². The van der Waals surface area contributed by atoms with Crippen molar-refractivity contribution < 1.29 is 4.79 Å². The first-order valence-electron chi connectivity index (χ1n) is 6.17. The van der Waals surface area contributed by atoms with Crippen LogP contribution in [0.5, 0.6) is 0 Å². The third-order valence-corrected chi connectivity index (χ3v) is 3.43. The normalized spacial score (nSPS) is 10.3. The predicted molar refractivity (Wildman–Crippen MR) is 78.5 cm³/mol. The molecule has 0 fully saturated rings. The lowest BCUT2D eigenvalue weighted by atomic mass is 10.0. The first-order valence-corrected chi connectivity index (χ1v) is 6.54. The van der Waals surface area contributed by atoms with Crippen LogP contribution >= 0.6 is 11.6 Å². The highest BCUT2D eigenvalue weighted by Gasteiger charge is 2.09. The molecule has 0 aromatic heterocycles. The van der Waals surface area contributed by atoms with E-state index in [2.05, 4.69) is 5.32 Å². The summed E-state index contributed by atoms with van der Waals surface area (Å²) >= 11 is 5.91. The highest BCUT2D eigenvalue weighted by Crippen LogP contribution is 2.13. The van der Waals surface area contributed by atoms with Gasteiger partial charge in [0.05, 0.1) is 0 Å². The number of aryl methyl sites for hydroxylation is 1. The second kappa shape index (κ2) is 5.89. The molecule has 1 N–H and O–H groups in total. The Kier molecular flexibility index (Phi) is 4.23. The molecular formula is C16H16ClNO. The molecular weight excluding hydrogens is 258 g/mol. The van der Waals surface area contributed by atoms with E-state index in [1.54, 1.807) is 0 Å². The minimum absolute atomic E-state index is 0.0545. The lowest BCUT2D eigenvalue weighted by molar-refractivity contribution is 0.0950. The van der Waals surface area contributed by atoms with Crippen LogP contribution in [0.1, 0.15) is 27.0 Å². The molecule has 1 amide bonds. The van der Waals surface area contributed by atoms with Crippen LogP contribution in [0.25, 0.3) is 0 Å². The molecule has 2 aromatic carbocycles. The van der Waals surface area contributed by atoms with Crippen molar-refractivity contribution in [3.8, 4) is 0 Å². The average molecular weight is 274 g/mol. The number of rotatable bonds is 3. The maximum Gasteiger partial charge on any atom is 0.251 e. The summed E-state index contributed by atoms with van der Waals surface area (Å²) in [6.07, 6.45) is 0. The number of carbonyl (C=O) groups is 1. The molecule has 0 radical (unpaired) electrons. The minimum Gasteiger partial charge on any atom is -0.348 e. The second-order valence-corrected chi connectivity index (χ2v) is 5.00. The molecule has 19 heavy (non-hydrogen) atoms. The van der Waals surface area contributed by atoms with E-state index in [-0.39, 0.29) is 5.91 Å². The molecule has 0 spiro atoms. The molecule has 2 nitrogen and oxygen atoms in total. The predicted octanol–water partition coefficient (Wildman–Crippen LogP) is 3.89. The zero-order valence-corrected chi connectivity index (χ0v) is 11.8. The van der Waals surface area contributed by atoms with Crippen LogP contribution in [0.3, 0.4) is 0 Å². The van der Waals surface area contributed by atoms with Crippen molar-refractivity contribution in [3.63, 3.8) is 0 Å². The van der Waals surface area contributed by atoms with Crippen LogP contribution in [-0.4, -0.2) is 5.91 Å². The third kappa shape index (κ3) is 3.36. The van der Waals surface area contributed by atoms with Gasteiger partial charge in [-0.25, -0.2) is 0 Å². The quantitative estimate of drug-likeness (QED) is 0.903. The smallest absolute Gasteiger partial charge is 0.251 e. The zero-order valence-electron chi connectivity index (χ0n) is 11.0. The number of benzene rings is 2. The molecule has 0 aliphatic rings. The van der Waals surface area contributed by atoms with Gasteiger partial charge in [0.1, 0.15) is 0 Å². The van der Waals surface area contributed by atoms with Gasteiger partial charge < -0.3 is 5.32 Å². The van der Waals surface area contributed by atoms with Crippen molar-refractivity contribution in [2.75, 3.05) is 0 Å². The molecule has 0 saturated heterocycles. The van der Waals surface area contributed by atoms with Gasteiger partial charge in [0.15, 0.2) is 0 Å². The molecule has 0 heterocycles. The lowest BCUT2D eigenvalue weighted by Crippen LogP contribution is -2.23. The second-order valence-electron chi connectivity index (χ2n) is 4.56. The van der Waals surface area contributed by atoms with Gasteiger partial charge in [-0.15, -0.1) is 0 Å². The molecule has 2 aromatic rings. The van der Waals surface area contributed by atoms with Crippen molar-refractivity contribution in [2.45, 2.75) is 20.4 Å². The first kappa shape index (κ1) is 13.6. The molecule has 0 atom stereocenters. The van der Waals surface area contributed by atoms with Gasteiger partial charge in [-0.3, -0.25) is 4.79 Å². The molecule has 2 rings (SSSR count). The lowest BCUT2D eigenvalue weighted by Gasteiger charge is -2.09. The van der Waals surface area contributed by atoms with E-state index in [0.717, 1.165) is 22.3 Å². The number of halogens is 1. The number of hydrogen-bond acceptors (Lipinski definition) is 1. The number of nitrogens with one attached hydrogen (secondary N) is 1. The molecule has 0 aliphatic heterocycles. The first-order chi connectivity index (χ1) is 9.08. The number of carbonyl (C=O) groups excluding carboxylic acids is 1. The highest BCUT2D eigenvalue weighted by molar-refractivity contribution is 6.30. The summed E-state index contributed by atoms with van der Waals surface area (Å²) in [7, 11) is 0. The summed E-state index contributed by atoms with van der Waals surface area (Å²) in [5.74, 6) is -0.0545. The van der Waals surface area contributed by atoms with Gasteiger partial charge in [-0.2, -0.15) is 0 Å². The van der Waals surface area contributed by atoms with Crippen molar-refractivity contribution in [3.05, 3.63) is 69.7 Å². The Labute approximate surface area is 118 Å². The van der Waals surface area contributed by atoms with Crippen molar-refractivity contribution in [1.29, 1.82) is 0 Å². The van der Waals surface area contributed by atoms with Gasteiger partial charge >= 0.3 is 0 Å². The molecule has 0 unspecified atom stereocenters. The standard InChI is InChI=1S/C16H16ClNO/c1-11-5-3-8-15(12(11)2)16(19)18-10-13-6-4-7-14(17)9-13/h3-9H,10H2,1-2H3,(H,18,19). The Morgan fingerprint density at radius 3 is 2.63 bits per heavy atom.